The van der Waals surface area contributed by atoms with Crippen molar-refractivity contribution in [1.82, 2.24) is 10.4 Å². The fraction of sp³-hybridized carbons (Fsp3) is 0.235. The van der Waals surface area contributed by atoms with Gasteiger partial charge in [-0.15, -0.1) is 0 Å². The van der Waals surface area contributed by atoms with Gasteiger partial charge in [-0.25, -0.2) is 5.43 Å². The lowest BCUT2D eigenvalue weighted by Gasteiger charge is -2.20. The van der Waals surface area contributed by atoms with Crippen LogP contribution in [0.3, 0.4) is 0 Å². The predicted molar refractivity (Wildman–Crippen MR) is 90.9 cm³/mol. The van der Waals surface area contributed by atoms with E-state index in [2.05, 4.69) is 20.8 Å². The number of nitrogens with two attached hydrogens (primary N) is 1. The van der Waals surface area contributed by atoms with E-state index in [1.54, 1.807) is 6.20 Å². The van der Waals surface area contributed by atoms with Gasteiger partial charge in [0.1, 0.15) is 0 Å². The second-order valence-electron chi connectivity index (χ2n) is 5.61. The maximum atomic E-state index is 11.3. The maximum Gasteiger partial charge on any atom is 0.240 e. The predicted octanol–water partition coefficient (Wildman–Crippen LogP) is 2.14. The molecule has 0 saturated carbocycles. The van der Waals surface area contributed by atoms with Crippen LogP contribution in [0.1, 0.15) is 24.6 Å². The van der Waals surface area contributed by atoms with Crippen molar-refractivity contribution in [2.45, 2.75) is 19.9 Å². The molecular formula is C17H19N5O. The highest BCUT2D eigenvalue weighted by Gasteiger charge is 2.21. The van der Waals surface area contributed by atoms with Gasteiger partial charge in [0.2, 0.25) is 5.91 Å². The molecule has 1 aromatic carbocycles. The van der Waals surface area contributed by atoms with Gasteiger partial charge in [-0.2, -0.15) is 5.10 Å². The summed E-state index contributed by atoms with van der Waals surface area (Å²) in [5.41, 5.74) is 12.9. The third-order valence-electron chi connectivity index (χ3n) is 3.79. The van der Waals surface area contributed by atoms with E-state index in [-0.39, 0.29) is 11.8 Å². The number of hydrogen-bond acceptors (Lipinski definition) is 5. The highest BCUT2D eigenvalue weighted by molar-refractivity contribution is 6.06. The topological polar surface area (TPSA) is 92.4 Å². The number of aromatic nitrogens is 1. The van der Waals surface area contributed by atoms with Crippen molar-refractivity contribution >= 4 is 23.0 Å². The Morgan fingerprint density at radius 2 is 2.22 bits per heavy atom. The van der Waals surface area contributed by atoms with E-state index in [0.29, 0.717) is 18.7 Å². The smallest absolute Gasteiger partial charge is 0.240 e. The number of amides is 1. The zero-order chi connectivity index (χ0) is 16.2. The summed E-state index contributed by atoms with van der Waals surface area (Å²) in [5.74, 6) is 0.0262. The zero-order valence-corrected chi connectivity index (χ0v) is 12.9. The standard InChI is InChI=1S/C17H19N5O/c1-11-8-16(23)21-22-17(11)12-5-6-15(14(18)9-12)20-10-13-4-2-3-7-19-13/h2-7,9,11,20H,8,10,18H2,1H3,(H,21,23). The van der Waals surface area contributed by atoms with Gasteiger partial charge < -0.3 is 11.1 Å². The third-order valence-corrected chi connectivity index (χ3v) is 3.79. The lowest BCUT2D eigenvalue weighted by molar-refractivity contribution is -0.121. The summed E-state index contributed by atoms with van der Waals surface area (Å²) in [7, 11) is 0. The molecule has 6 nitrogen and oxygen atoms in total. The van der Waals surface area contributed by atoms with E-state index < -0.39 is 0 Å². The monoisotopic (exact) mass is 309 g/mol. The Kier molecular flexibility index (Phi) is 4.23. The van der Waals surface area contributed by atoms with Crippen LogP contribution in [-0.4, -0.2) is 16.6 Å². The summed E-state index contributed by atoms with van der Waals surface area (Å²) in [4.78, 5) is 15.6. The van der Waals surface area contributed by atoms with Gasteiger partial charge in [-0.3, -0.25) is 9.78 Å². The first-order valence-electron chi connectivity index (χ1n) is 7.53. The average Bonchev–Trinajstić information content (AvgIpc) is 2.55. The van der Waals surface area contributed by atoms with Gasteiger partial charge in [-0.05, 0) is 24.3 Å². The largest absolute Gasteiger partial charge is 0.397 e. The molecule has 118 valence electrons. The maximum absolute atomic E-state index is 11.3. The van der Waals surface area contributed by atoms with Crippen molar-refractivity contribution in [3.05, 3.63) is 53.9 Å². The van der Waals surface area contributed by atoms with Gasteiger partial charge in [0, 0.05) is 24.1 Å². The number of benzene rings is 1. The molecule has 1 aliphatic heterocycles. The number of carbonyl (C=O) groups is 1. The molecule has 1 aromatic heterocycles. The minimum absolute atomic E-state index is 0.0529. The van der Waals surface area contributed by atoms with E-state index in [1.807, 2.05) is 43.3 Å². The second kappa shape index (κ2) is 6.48. The molecule has 0 fully saturated rings. The van der Waals surface area contributed by atoms with Crippen molar-refractivity contribution in [3.8, 4) is 0 Å². The molecule has 1 aliphatic rings. The summed E-state index contributed by atoms with van der Waals surface area (Å²) >= 11 is 0. The van der Waals surface area contributed by atoms with Gasteiger partial charge >= 0.3 is 0 Å². The molecule has 1 atom stereocenters. The Bertz CT molecular complexity index is 742. The average molecular weight is 309 g/mol. The first kappa shape index (κ1) is 15.0. The van der Waals surface area contributed by atoms with Crippen LogP contribution >= 0.6 is 0 Å². The number of hydrogen-bond donors (Lipinski definition) is 3. The minimum Gasteiger partial charge on any atom is -0.397 e. The molecular weight excluding hydrogens is 290 g/mol. The summed E-state index contributed by atoms with van der Waals surface area (Å²) < 4.78 is 0. The molecule has 4 N–H and O–H groups in total. The van der Waals surface area contributed by atoms with Crippen molar-refractivity contribution in [1.29, 1.82) is 0 Å². The number of nitrogens with zero attached hydrogens (tertiary/aromatic N) is 2. The molecule has 0 aliphatic carbocycles. The SMILES string of the molecule is CC1CC(=O)NN=C1c1ccc(NCc2ccccn2)c(N)c1. The second-order valence-corrected chi connectivity index (χ2v) is 5.61. The molecule has 0 spiro atoms. The summed E-state index contributed by atoms with van der Waals surface area (Å²) in [6.45, 7) is 2.60. The Balaban J connectivity index is 1.74. The fourth-order valence-corrected chi connectivity index (χ4v) is 2.57. The molecule has 1 unspecified atom stereocenters. The Morgan fingerprint density at radius 1 is 1.35 bits per heavy atom. The molecule has 0 bridgehead atoms. The summed E-state index contributed by atoms with van der Waals surface area (Å²) in [5, 5.41) is 7.44. The Hall–Kier alpha value is -2.89. The van der Waals surface area contributed by atoms with Gasteiger partial charge in [-0.1, -0.05) is 19.1 Å². The van der Waals surface area contributed by atoms with E-state index in [1.165, 1.54) is 0 Å². The van der Waals surface area contributed by atoms with Crippen LogP contribution in [0.2, 0.25) is 0 Å². The molecule has 6 heteroatoms. The van der Waals surface area contributed by atoms with E-state index in [0.717, 1.165) is 22.7 Å². The first-order chi connectivity index (χ1) is 11.1. The van der Waals surface area contributed by atoms with Crippen LogP contribution in [0.4, 0.5) is 11.4 Å². The van der Waals surface area contributed by atoms with E-state index >= 15 is 0 Å². The van der Waals surface area contributed by atoms with Gasteiger partial charge in [0.05, 0.1) is 29.3 Å². The van der Waals surface area contributed by atoms with E-state index in [9.17, 15) is 4.79 Å². The van der Waals surface area contributed by atoms with Crippen LogP contribution in [0.25, 0.3) is 0 Å². The van der Waals surface area contributed by atoms with Crippen LogP contribution in [0.5, 0.6) is 0 Å². The normalized spacial score (nSPS) is 17.3. The number of carbonyl (C=O) groups excluding carboxylic acids is 1. The van der Waals surface area contributed by atoms with Gasteiger partial charge in [0.25, 0.3) is 0 Å². The highest BCUT2D eigenvalue weighted by Crippen LogP contribution is 2.24. The number of rotatable bonds is 4. The Labute approximate surface area is 134 Å². The van der Waals surface area contributed by atoms with Crippen molar-refractivity contribution in [2.24, 2.45) is 11.0 Å². The lowest BCUT2D eigenvalue weighted by Crippen LogP contribution is -2.32. The van der Waals surface area contributed by atoms with Crippen LogP contribution in [0, 0.1) is 5.92 Å². The number of pyridine rings is 1. The van der Waals surface area contributed by atoms with Crippen LogP contribution < -0.4 is 16.5 Å². The van der Waals surface area contributed by atoms with Crippen molar-refractivity contribution in [2.75, 3.05) is 11.1 Å². The highest BCUT2D eigenvalue weighted by atomic mass is 16.2. The van der Waals surface area contributed by atoms with Crippen LogP contribution in [-0.2, 0) is 11.3 Å². The number of hydrazone groups is 1. The summed E-state index contributed by atoms with van der Waals surface area (Å²) in [6.07, 6.45) is 2.21. The molecule has 0 saturated heterocycles. The lowest BCUT2D eigenvalue weighted by atomic mass is 9.93. The number of anilines is 2. The first-order valence-corrected chi connectivity index (χ1v) is 7.53. The zero-order valence-electron chi connectivity index (χ0n) is 12.9. The minimum atomic E-state index is -0.0529. The summed E-state index contributed by atoms with van der Waals surface area (Å²) in [6, 6.07) is 11.6. The van der Waals surface area contributed by atoms with Gasteiger partial charge in [0.15, 0.2) is 0 Å². The fourth-order valence-electron chi connectivity index (χ4n) is 2.57. The van der Waals surface area contributed by atoms with Crippen LogP contribution in [0.15, 0.2) is 47.7 Å². The molecule has 2 aromatic rings. The van der Waals surface area contributed by atoms with Crippen molar-refractivity contribution in [3.63, 3.8) is 0 Å². The van der Waals surface area contributed by atoms with Crippen molar-refractivity contribution < 1.29 is 4.79 Å². The van der Waals surface area contributed by atoms with E-state index in [4.69, 9.17) is 5.73 Å². The quantitative estimate of drug-likeness (QED) is 0.754. The molecule has 0 radical (unpaired) electrons. The molecule has 23 heavy (non-hydrogen) atoms. The number of nitrogen functional groups attached to an aromatic ring is 1. The third kappa shape index (κ3) is 3.48. The Morgan fingerprint density at radius 3 is 2.91 bits per heavy atom. The molecule has 2 heterocycles. The molecule has 3 rings (SSSR count). The molecule has 1 amide bonds. The number of nitrogens with one attached hydrogen (secondary N) is 2.